The molecule has 3 N–H and O–H groups in total. The largest absolute Gasteiger partial charge is 0.496 e. The molecule has 0 aliphatic carbocycles. The van der Waals surface area contributed by atoms with Crippen molar-refractivity contribution in [3.05, 3.63) is 41.6 Å². The van der Waals surface area contributed by atoms with Crippen molar-refractivity contribution in [1.82, 2.24) is 15.3 Å². The number of anilines is 2. The SMILES string of the molecule is COc1ccccc1CNC(=O)c1cnc(N2CCCC2)nc1N. The third kappa shape index (κ3) is 3.40. The van der Waals surface area contributed by atoms with Crippen LogP contribution in [0.2, 0.25) is 0 Å². The van der Waals surface area contributed by atoms with Crippen LogP contribution in [0.25, 0.3) is 0 Å². The number of ether oxygens (including phenoxy) is 1. The number of hydrogen-bond acceptors (Lipinski definition) is 6. The lowest BCUT2D eigenvalue weighted by atomic mass is 10.2. The van der Waals surface area contributed by atoms with Crippen LogP contribution in [0.3, 0.4) is 0 Å². The van der Waals surface area contributed by atoms with E-state index in [1.807, 2.05) is 24.3 Å². The minimum absolute atomic E-state index is 0.199. The molecule has 126 valence electrons. The van der Waals surface area contributed by atoms with Crippen molar-refractivity contribution in [2.75, 3.05) is 30.8 Å². The van der Waals surface area contributed by atoms with Gasteiger partial charge in [0.2, 0.25) is 5.95 Å². The van der Waals surface area contributed by atoms with Crippen LogP contribution in [-0.4, -0.2) is 36.1 Å². The van der Waals surface area contributed by atoms with Crippen LogP contribution >= 0.6 is 0 Å². The fraction of sp³-hybridized carbons (Fsp3) is 0.353. The number of hydrogen-bond donors (Lipinski definition) is 2. The summed E-state index contributed by atoms with van der Waals surface area (Å²) in [7, 11) is 1.60. The van der Waals surface area contributed by atoms with Crippen molar-refractivity contribution in [3.8, 4) is 5.75 Å². The lowest BCUT2D eigenvalue weighted by molar-refractivity contribution is 0.0951. The quantitative estimate of drug-likeness (QED) is 0.866. The van der Waals surface area contributed by atoms with Gasteiger partial charge in [0.05, 0.1) is 12.7 Å². The van der Waals surface area contributed by atoms with Crippen molar-refractivity contribution in [3.63, 3.8) is 0 Å². The minimum atomic E-state index is -0.300. The molecule has 0 saturated carbocycles. The first-order valence-electron chi connectivity index (χ1n) is 7.96. The summed E-state index contributed by atoms with van der Waals surface area (Å²) in [6.45, 7) is 2.20. The van der Waals surface area contributed by atoms with Gasteiger partial charge in [-0.2, -0.15) is 4.98 Å². The molecule has 1 aromatic carbocycles. The number of amides is 1. The van der Waals surface area contributed by atoms with Crippen LogP contribution < -0.4 is 20.7 Å². The topological polar surface area (TPSA) is 93.4 Å². The van der Waals surface area contributed by atoms with Crippen molar-refractivity contribution < 1.29 is 9.53 Å². The molecule has 2 heterocycles. The van der Waals surface area contributed by atoms with E-state index in [4.69, 9.17) is 10.5 Å². The smallest absolute Gasteiger partial charge is 0.256 e. The first-order valence-corrected chi connectivity index (χ1v) is 7.96. The average Bonchev–Trinajstić information content (AvgIpc) is 3.14. The maximum Gasteiger partial charge on any atom is 0.256 e. The van der Waals surface area contributed by atoms with Gasteiger partial charge in [-0.3, -0.25) is 4.79 Å². The Hall–Kier alpha value is -2.83. The second-order valence-electron chi connectivity index (χ2n) is 5.66. The van der Waals surface area contributed by atoms with Crippen LogP contribution in [0.5, 0.6) is 5.75 Å². The predicted molar refractivity (Wildman–Crippen MR) is 92.1 cm³/mol. The molecule has 0 radical (unpaired) electrons. The lowest BCUT2D eigenvalue weighted by Gasteiger charge is -2.16. The highest BCUT2D eigenvalue weighted by Gasteiger charge is 2.18. The number of methoxy groups -OCH3 is 1. The maximum absolute atomic E-state index is 12.3. The van der Waals surface area contributed by atoms with E-state index in [1.165, 1.54) is 6.20 Å². The highest BCUT2D eigenvalue weighted by Crippen LogP contribution is 2.19. The number of aromatic nitrogens is 2. The first kappa shape index (κ1) is 16.0. The molecule has 1 saturated heterocycles. The van der Waals surface area contributed by atoms with Crippen molar-refractivity contribution >= 4 is 17.7 Å². The van der Waals surface area contributed by atoms with E-state index < -0.39 is 0 Å². The third-order valence-corrected chi connectivity index (χ3v) is 4.07. The molecule has 2 aromatic rings. The Morgan fingerprint density at radius 3 is 2.79 bits per heavy atom. The molecule has 0 atom stereocenters. The molecule has 1 fully saturated rings. The highest BCUT2D eigenvalue weighted by molar-refractivity contribution is 5.98. The zero-order chi connectivity index (χ0) is 16.9. The van der Waals surface area contributed by atoms with Gasteiger partial charge in [0.25, 0.3) is 5.91 Å². The van der Waals surface area contributed by atoms with Crippen LogP contribution in [-0.2, 0) is 6.54 Å². The number of carbonyl (C=O) groups excluding carboxylic acids is 1. The Morgan fingerprint density at radius 2 is 2.08 bits per heavy atom. The molecular formula is C17H21N5O2. The van der Waals surface area contributed by atoms with Gasteiger partial charge in [-0.1, -0.05) is 18.2 Å². The van der Waals surface area contributed by atoms with Crippen molar-refractivity contribution in [2.45, 2.75) is 19.4 Å². The summed E-state index contributed by atoms with van der Waals surface area (Å²) in [6, 6.07) is 7.53. The second kappa shape index (κ2) is 7.16. The van der Waals surface area contributed by atoms with E-state index >= 15 is 0 Å². The van der Waals surface area contributed by atoms with Crippen LogP contribution in [0.1, 0.15) is 28.8 Å². The fourth-order valence-corrected chi connectivity index (χ4v) is 2.75. The number of nitrogens with two attached hydrogens (primary N) is 1. The van der Waals surface area contributed by atoms with Gasteiger partial charge in [0.15, 0.2) is 0 Å². The summed E-state index contributed by atoms with van der Waals surface area (Å²) in [5, 5.41) is 2.83. The molecule has 1 aliphatic heterocycles. The second-order valence-corrected chi connectivity index (χ2v) is 5.66. The molecule has 1 amide bonds. The van der Waals surface area contributed by atoms with Gasteiger partial charge < -0.3 is 20.7 Å². The Kier molecular flexibility index (Phi) is 4.79. The van der Waals surface area contributed by atoms with Gasteiger partial charge in [0, 0.05) is 31.4 Å². The fourth-order valence-electron chi connectivity index (χ4n) is 2.75. The number of nitrogen functional groups attached to an aromatic ring is 1. The van der Waals surface area contributed by atoms with E-state index in [0.29, 0.717) is 12.5 Å². The van der Waals surface area contributed by atoms with Gasteiger partial charge in [-0.05, 0) is 18.9 Å². The monoisotopic (exact) mass is 327 g/mol. The van der Waals surface area contributed by atoms with E-state index in [1.54, 1.807) is 7.11 Å². The van der Waals surface area contributed by atoms with E-state index in [-0.39, 0.29) is 17.3 Å². The molecule has 1 aromatic heterocycles. The minimum Gasteiger partial charge on any atom is -0.496 e. The van der Waals surface area contributed by atoms with Gasteiger partial charge >= 0.3 is 0 Å². The molecular weight excluding hydrogens is 306 g/mol. The van der Waals surface area contributed by atoms with Crippen LogP contribution in [0.15, 0.2) is 30.5 Å². The molecule has 3 rings (SSSR count). The summed E-state index contributed by atoms with van der Waals surface area (Å²) in [6.07, 6.45) is 3.75. The van der Waals surface area contributed by atoms with Crippen LogP contribution in [0, 0.1) is 0 Å². The van der Waals surface area contributed by atoms with E-state index in [9.17, 15) is 4.79 Å². The van der Waals surface area contributed by atoms with Gasteiger partial charge in [-0.25, -0.2) is 4.98 Å². The standard InChI is InChI=1S/C17H21N5O2/c1-24-14-7-3-2-6-12(14)10-19-16(23)13-11-20-17(21-15(13)18)22-8-4-5-9-22/h2-3,6-7,11H,4-5,8-10H2,1H3,(H,19,23)(H2,18,20,21). The third-order valence-electron chi connectivity index (χ3n) is 4.07. The zero-order valence-electron chi connectivity index (χ0n) is 13.7. The molecule has 0 unspecified atom stereocenters. The summed E-state index contributed by atoms with van der Waals surface area (Å²) < 4.78 is 5.27. The van der Waals surface area contributed by atoms with Crippen molar-refractivity contribution in [2.24, 2.45) is 0 Å². The number of carbonyl (C=O) groups is 1. The van der Waals surface area contributed by atoms with Gasteiger partial charge in [0.1, 0.15) is 11.6 Å². The number of nitrogens with one attached hydrogen (secondary N) is 1. The van der Waals surface area contributed by atoms with Crippen LogP contribution in [0.4, 0.5) is 11.8 Å². The summed E-state index contributed by atoms with van der Waals surface area (Å²) in [4.78, 5) is 23.0. The summed E-state index contributed by atoms with van der Waals surface area (Å²) >= 11 is 0. The Labute approximate surface area is 140 Å². The first-order chi connectivity index (χ1) is 11.7. The normalized spacial score (nSPS) is 13.8. The van der Waals surface area contributed by atoms with Gasteiger partial charge in [-0.15, -0.1) is 0 Å². The number of benzene rings is 1. The average molecular weight is 327 g/mol. The molecule has 0 spiro atoms. The molecule has 1 aliphatic rings. The molecule has 24 heavy (non-hydrogen) atoms. The Balaban J connectivity index is 1.68. The zero-order valence-corrected chi connectivity index (χ0v) is 13.7. The van der Waals surface area contributed by atoms with Crippen molar-refractivity contribution in [1.29, 1.82) is 0 Å². The summed E-state index contributed by atoms with van der Waals surface area (Å²) in [5.41, 5.74) is 7.13. The van der Waals surface area contributed by atoms with E-state index in [2.05, 4.69) is 20.2 Å². The Bertz CT molecular complexity index is 729. The highest BCUT2D eigenvalue weighted by atomic mass is 16.5. The Morgan fingerprint density at radius 1 is 1.33 bits per heavy atom. The molecule has 7 nitrogen and oxygen atoms in total. The maximum atomic E-state index is 12.3. The number of rotatable bonds is 5. The van der Waals surface area contributed by atoms with E-state index in [0.717, 1.165) is 37.2 Å². The molecule has 7 heteroatoms. The number of nitrogens with zero attached hydrogens (tertiary/aromatic N) is 3. The molecule has 0 bridgehead atoms. The number of para-hydroxylation sites is 1. The lowest BCUT2D eigenvalue weighted by Crippen LogP contribution is -2.26. The summed E-state index contributed by atoms with van der Waals surface area (Å²) in [5.74, 6) is 1.22. The predicted octanol–water partition coefficient (Wildman–Crippen LogP) is 1.60.